The van der Waals surface area contributed by atoms with Gasteiger partial charge in [-0.2, -0.15) is 0 Å². The van der Waals surface area contributed by atoms with Gasteiger partial charge in [-0.05, 0) is 23.3 Å². The second-order valence-electron chi connectivity index (χ2n) is 6.88. The van der Waals surface area contributed by atoms with E-state index in [0.717, 1.165) is 11.1 Å². The fraction of sp³-hybridized carbons (Fsp3) is 0.0800. The number of hydrogen-bond acceptors (Lipinski definition) is 5. The Balaban J connectivity index is 1.47. The minimum atomic E-state index is -0.911. The van der Waals surface area contributed by atoms with Gasteiger partial charge < -0.3 is 14.5 Å². The van der Waals surface area contributed by atoms with Gasteiger partial charge in [0.1, 0.15) is 11.1 Å². The van der Waals surface area contributed by atoms with E-state index in [9.17, 15) is 14.4 Å². The van der Waals surface area contributed by atoms with Gasteiger partial charge >= 0.3 is 11.6 Å². The predicted molar refractivity (Wildman–Crippen MR) is 116 cm³/mol. The van der Waals surface area contributed by atoms with Crippen molar-refractivity contribution in [1.29, 1.82) is 0 Å². The molecule has 3 aromatic carbocycles. The molecule has 4 aromatic rings. The van der Waals surface area contributed by atoms with Crippen LogP contribution < -0.4 is 10.9 Å². The molecule has 0 bridgehead atoms. The van der Waals surface area contributed by atoms with Gasteiger partial charge in [-0.25, -0.2) is 9.59 Å². The SMILES string of the molecule is O=C(COC(=O)c1cc2ccccc2oc1=O)NC(c1ccccc1)c1ccccc1. The Morgan fingerprint density at radius 1 is 0.839 bits per heavy atom. The monoisotopic (exact) mass is 413 g/mol. The lowest BCUT2D eigenvalue weighted by atomic mass is 9.99. The Morgan fingerprint density at radius 3 is 2.06 bits per heavy atom. The van der Waals surface area contributed by atoms with Crippen LogP contribution in [0.4, 0.5) is 0 Å². The molecule has 1 aromatic heterocycles. The van der Waals surface area contributed by atoms with E-state index in [1.807, 2.05) is 60.7 Å². The Hall–Kier alpha value is -4.19. The molecule has 31 heavy (non-hydrogen) atoms. The highest BCUT2D eigenvalue weighted by molar-refractivity contribution is 5.94. The molecule has 4 rings (SSSR count). The first kappa shape index (κ1) is 20.1. The van der Waals surface area contributed by atoms with Crippen molar-refractivity contribution in [3.8, 4) is 0 Å². The molecule has 0 aliphatic rings. The molecule has 0 saturated heterocycles. The van der Waals surface area contributed by atoms with Gasteiger partial charge in [0.15, 0.2) is 6.61 Å². The average Bonchev–Trinajstić information content (AvgIpc) is 2.81. The molecule has 1 amide bonds. The fourth-order valence-corrected chi connectivity index (χ4v) is 3.27. The third kappa shape index (κ3) is 4.70. The highest BCUT2D eigenvalue weighted by atomic mass is 16.5. The molecule has 6 heteroatoms. The Morgan fingerprint density at radius 2 is 1.42 bits per heavy atom. The van der Waals surface area contributed by atoms with Crippen LogP contribution >= 0.6 is 0 Å². The number of esters is 1. The van der Waals surface area contributed by atoms with E-state index >= 15 is 0 Å². The van der Waals surface area contributed by atoms with Gasteiger partial charge in [0.05, 0.1) is 6.04 Å². The summed E-state index contributed by atoms with van der Waals surface area (Å²) >= 11 is 0. The van der Waals surface area contributed by atoms with Crippen LogP contribution in [0.5, 0.6) is 0 Å². The number of benzene rings is 3. The van der Waals surface area contributed by atoms with E-state index in [4.69, 9.17) is 9.15 Å². The van der Waals surface area contributed by atoms with Crippen LogP contribution in [-0.2, 0) is 9.53 Å². The van der Waals surface area contributed by atoms with Gasteiger partial charge in [0, 0.05) is 5.39 Å². The summed E-state index contributed by atoms with van der Waals surface area (Å²) in [5.74, 6) is -1.40. The molecular weight excluding hydrogens is 394 g/mol. The summed E-state index contributed by atoms with van der Waals surface area (Å²) in [6, 6.07) is 26.8. The number of nitrogens with one attached hydrogen (secondary N) is 1. The first-order valence-corrected chi connectivity index (χ1v) is 9.71. The number of rotatable bonds is 6. The molecule has 0 aliphatic heterocycles. The van der Waals surface area contributed by atoms with Crippen molar-refractivity contribution in [3.63, 3.8) is 0 Å². The zero-order valence-electron chi connectivity index (χ0n) is 16.5. The molecule has 1 heterocycles. The van der Waals surface area contributed by atoms with Crippen LogP contribution in [0.1, 0.15) is 27.5 Å². The van der Waals surface area contributed by atoms with Gasteiger partial charge in [0.2, 0.25) is 0 Å². The summed E-state index contributed by atoms with van der Waals surface area (Å²) in [6.45, 7) is -0.527. The maximum atomic E-state index is 12.5. The summed E-state index contributed by atoms with van der Waals surface area (Å²) in [4.78, 5) is 37.0. The fourth-order valence-electron chi connectivity index (χ4n) is 3.27. The maximum absolute atomic E-state index is 12.5. The molecule has 1 N–H and O–H groups in total. The second-order valence-corrected chi connectivity index (χ2v) is 6.88. The third-order valence-electron chi connectivity index (χ3n) is 4.77. The van der Waals surface area contributed by atoms with E-state index in [0.29, 0.717) is 11.0 Å². The number of ether oxygens (including phenoxy) is 1. The molecule has 0 fully saturated rings. The number of para-hydroxylation sites is 1. The van der Waals surface area contributed by atoms with Crippen molar-refractivity contribution in [2.24, 2.45) is 0 Å². The summed E-state index contributed by atoms with van der Waals surface area (Å²) in [5, 5.41) is 3.47. The lowest BCUT2D eigenvalue weighted by molar-refractivity contribution is -0.124. The summed E-state index contributed by atoms with van der Waals surface area (Å²) in [7, 11) is 0. The van der Waals surface area contributed by atoms with Crippen LogP contribution in [0, 0.1) is 0 Å². The van der Waals surface area contributed by atoms with E-state index in [2.05, 4.69) is 5.32 Å². The van der Waals surface area contributed by atoms with E-state index in [-0.39, 0.29) is 5.56 Å². The third-order valence-corrected chi connectivity index (χ3v) is 4.77. The molecule has 0 spiro atoms. The Kier molecular flexibility index (Phi) is 5.89. The molecule has 0 atom stereocenters. The van der Waals surface area contributed by atoms with Gasteiger partial charge in [-0.15, -0.1) is 0 Å². The van der Waals surface area contributed by atoms with Crippen LogP contribution in [-0.4, -0.2) is 18.5 Å². The maximum Gasteiger partial charge on any atom is 0.351 e. The number of amides is 1. The second kappa shape index (κ2) is 9.09. The van der Waals surface area contributed by atoms with Crippen LogP contribution in [0.2, 0.25) is 0 Å². The van der Waals surface area contributed by atoms with Crippen molar-refractivity contribution in [2.75, 3.05) is 6.61 Å². The van der Waals surface area contributed by atoms with Crippen molar-refractivity contribution in [2.45, 2.75) is 6.04 Å². The number of carbonyl (C=O) groups excluding carboxylic acids is 2. The van der Waals surface area contributed by atoms with Gasteiger partial charge in [-0.3, -0.25) is 4.79 Å². The van der Waals surface area contributed by atoms with E-state index in [1.54, 1.807) is 24.3 Å². The van der Waals surface area contributed by atoms with Gasteiger partial charge in [-0.1, -0.05) is 78.9 Å². The van der Waals surface area contributed by atoms with Crippen molar-refractivity contribution in [3.05, 3.63) is 118 Å². The van der Waals surface area contributed by atoms with E-state index in [1.165, 1.54) is 6.07 Å². The molecule has 154 valence electrons. The zero-order valence-corrected chi connectivity index (χ0v) is 16.5. The Labute approximate surface area is 178 Å². The largest absolute Gasteiger partial charge is 0.452 e. The quantitative estimate of drug-likeness (QED) is 0.383. The normalized spacial score (nSPS) is 10.7. The van der Waals surface area contributed by atoms with Crippen molar-refractivity contribution >= 4 is 22.8 Å². The first-order valence-electron chi connectivity index (χ1n) is 9.71. The minimum Gasteiger partial charge on any atom is -0.452 e. The lowest BCUT2D eigenvalue weighted by Crippen LogP contribution is -2.33. The predicted octanol–water partition coefficient (Wildman–Crippen LogP) is 3.86. The van der Waals surface area contributed by atoms with Crippen LogP contribution in [0.15, 0.2) is 100 Å². The van der Waals surface area contributed by atoms with Crippen molar-refractivity contribution < 1.29 is 18.7 Å². The molecule has 0 saturated carbocycles. The molecule has 6 nitrogen and oxygen atoms in total. The smallest absolute Gasteiger partial charge is 0.351 e. The summed E-state index contributed by atoms with van der Waals surface area (Å²) in [5.41, 5.74) is 1.09. The molecule has 0 unspecified atom stereocenters. The minimum absolute atomic E-state index is 0.255. The zero-order chi connectivity index (χ0) is 21.6. The summed E-state index contributed by atoms with van der Waals surface area (Å²) < 4.78 is 10.2. The standard InChI is InChI=1S/C25H19NO5/c27-22(26-23(17-9-3-1-4-10-17)18-11-5-2-6-12-18)16-30-24(28)20-15-19-13-7-8-14-21(19)31-25(20)29/h1-15,23H,16H2,(H,26,27). The average molecular weight is 413 g/mol. The number of carbonyl (C=O) groups is 2. The molecule has 0 aliphatic carbocycles. The highest BCUT2D eigenvalue weighted by Gasteiger charge is 2.20. The summed E-state index contributed by atoms with van der Waals surface area (Å²) in [6.07, 6.45) is 0. The highest BCUT2D eigenvalue weighted by Crippen LogP contribution is 2.21. The van der Waals surface area contributed by atoms with Crippen molar-refractivity contribution in [1.82, 2.24) is 5.32 Å². The Bertz CT molecular complexity index is 1230. The lowest BCUT2D eigenvalue weighted by Gasteiger charge is -2.19. The van der Waals surface area contributed by atoms with Crippen LogP contribution in [0.25, 0.3) is 11.0 Å². The first-order chi connectivity index (χ1) is 15.1. The van der Waals surface area contributed by atoms with Gasteiger partial charge in [0.25, 0.3) is 5.91 Å². The number of fused-ring (bicyclic) bond motifs is 1. The number of hydrogen-bond donors (Lipinski definition) is 1. The van der Waals surface area contributed by atoms with E-state index < -0.39 is 30.2 Å². The molecular formula is C25H19NO5. The van der Waals surface area contributed by atoms with Crippen LogP contribution in [0.3, 0.4) is 0 Å². The molecule has 0 radical (unpaired) electrons. The topological polar surface area (TPSA) is 85.6 Å².